The highest BCUT2D eigenvalue weighted by molar-refractivity contribution is 6.30. The van der Waals surface area contributed by atoms with Gasteiger partial charge in [0.05, 0.1) is 6.42 Å². The number of amides is 1. The smallest absolute Gasteiger partial charge is 0.224 e. The van der Waals surface area contributed by atoms with Gasteiger partial charge in [-0.25, -0.2) is 0 Å². The van der Waals surface area contributed by atoms with E-state index in [9.17, 15) is 4.79 Å². The fraction of sp³-hybridized carbons (Fsp3) is 0.133. The van der Waals surface area contributed by atoms with Crippen molar-refractivity contribution in [3.8, 4) is 11.1 Å². The minimum Gasteiger partial charge on any atom is -0.359 e. The van der Waals surface area contributed by atoms with Crippen molar-refractivity contribution in [3.63, 3.8) is 0 Å². The maximum absolute atomic E-state index is 11.3. The molecule has 0 bridgehead atoms. The lowest BCUT2D eigenvalue weighted by molar-refractivity contribution is -0.119. The van der Waals surface area contributed by atoms with Crippen molar-refractivity contribution in [2.24, 2.45) is 0 Å². The van der Waals surface area contributed by atoms with Crippen LogP contribution in [0.4, 0.5) is 0 Å². The van der Waals surface area contributed by atoms with Gasteiger partial charge < -0.3 is 5.32 Å². The highest BCUT2D eigenvalue weighted by Gasteiger charge is 2.03. The lowest BCUT2D eigenvalue weighted by atomic mass is 10.0. The number of nitrogens with one attached hydrogen (secondary N) is 1. The minimum atomic E-state index is 0.0169. The van der Waals surface area contributed by atoms with Crippen LogP contribution in [0.5, 0.6) is 0 Å². The Morgan fingerprint density at radius 3 is 2.50 bits per heavy atom. The number of benzene rings is 2. The number of halogens is 1. The lowest BCUT2D eigenvalue weighted by Gasteiger charge is -2.05. The maximum Gasteiger partial charge on any atom is 0.224 e. The molecule has 0 aromatic heterocycles. The van der Waals surface area contributed by atoms with E-state index in [1.54, 1.807) is 7.05 Å². The Labute approximate surface area is 112 Å². The Bertz CT molecular complexity index is 549. The van der Waals surface area contributed by atoms with Crippen LogP contribution in [0, 0.1) is 0 Å². The van der Waals surface area contributed by atoms with Gasteiger partial charge in [-0.05, 0) is 28.8 Å². The van der Waals surface area contributed by atoms with Crippen molar-refractivity contribution >= 4 is 17.5 Å². The average Bonchev–Trinajstić information content (AvgIpc) is 2.40. The van der Waals surface area contributed by atoms with Crippen LogP contribution in [-0.2, 0) is 11.2 Å². The number of rotatable bonds is 3. The SMILES string of the molecule is CNC(=O)Cc1cccc(-c2ccc(Cl)cc2)c1. The van der Waals surface area contributed by atoms with Gasteiger partial charge in [-0.1, -0.05) is 48.0 Å². The second kappa shape index (κ2) is 5.69. The highest BCUT2D eigenvalue weighted by atomic mass is 35.5. The number of likely N-dealkylation sites (N-methyl/N-ethyl adjacent to an activating group) is 1. The quantitative estimate of drug-likeness (QED) is 0.900. The molecule has 0 aliphatic heterocycles. The summed E-state index contributed by atoms with van der Waals surface area (Å²) in [5.41, 5.74) is 3.19. The molecule has 0 radical (unpaired) electrons. The van der Waals surface area contributed by atoms with Crippen LogP contribution < -0.4 is 5.32 Å². The zero-order valence-corrected chi connectivity index (χ0v) is 10.9. The molecule has 0 aliphatic carbocycles. The van der Waals surface area contributed by atoms with Gasteiger partial charge in [0.2, 0.25) is 5.91 Å². The van der Waals surface area contributed by atoms with Crippen LogP contribution in [-0.4, -0.2) is 13.0 Å². The van der Waals surface area contributed by atoms with Gasteiger partial charge >= 0.3 is 0 Å². The summed E-state index contributed by atoms with van der Waals surface area (Å²) in [4.78, 5) is 11.3. The molecule has 2 aromatic carbocycles. The fourth-order valence-corrected chi connectivity index (χ4v) is 1.90. The molecule has 0 saturated carbocycles. The van der Waals surface area contributed by atoms with Crippen molar-refractivity contribution in [3.05, 3.63) is 59.1 Å². The molecule has 0 unspecified atom stereocenters. The average molecular weight is 260 g/mol. The van der Waals surface area contributed by atoms with Crippen LogP contribution in [0.25, 0.3) is 11.1 Å². The van der Waals surface area contributed by atoms with Gasteiger partial charge in [0, 0.05) is 12.1 Å². The third-order valence-electron chi connectivity index (χ3n) is 2.75. The molecule has 0 spiro atoms. The molecular formula is C15H14ClNO. The van der Waals surface area contributed by atoms with Gasteiger partial charge in [-0.3, -0.25) is 4.79 Å². The number of carbonyl (C=O) groups is 1. The second-order valence-electron chi connectivity index (χ2n) is 4.06. The number of hydrogen-bond acceptors (Lipinski definition) is 1. The van der Waals surface area contributed by atoms with E-state index in [0.29, 0.717) is 6.42 Å². The topological polar surface area (TPSA) is 29.1 Å². The van der Waals surface area contributed by atoms with E-state index in [2.05, 4.69) is 5.32 Å². The minimum absolute atomic E-state index is 0.0169. The molecule has 0 saturated heterocycles. The van der Waals surface area contributed by atoms with Crippen molar-refractivity contribution < 1.29 is 4.79 Å². The largest absolute Gasteiger partial charge is 0.359 e. The van der Waals surface area contributed by atoms with E-state index in [-0.39, 0.29) is 5.91 Å². The van der Waals surface area contributed by atoms with Gasteiger partial charge in [-0.15, -0.1) is 0 Å². The first-order valence-corrected chi connectivity index (χ1v) is 6.12. The number of hydrogen-bond donors (Lipinski definition) is 1. The summed E-state index contributed by atoms with van der Waals surface area (Å²) >= 11 is 5.87. The van der Waals surface area contributed by atoms with Crippen molar-refractivity contribution in [1.29, 1.82) is 0 Å². The third-order valence-corrected chi connectivity index (χ3v) is 3.00. The normalized spacial score (nSPS) is 10.1. The highest BCUT2D eigenvalue weighted by Crippen LogP contribution is 2.22. The van der Waals surface area contributed by atoms with E-state index in [4.69, 9.17) is 11.6 Å². The van der Waals surface area contributed by atoms with E-state index < -0.39 is 0 Å². The summed E-state index contributed by atoms with van der Waals surface area (Å²) in [7, 11) is 1.64. The number of carbonyl (C=O) groups excluding carboxylic acids is 1. The first-order chi connectivity index (χ1) is 8.69. The Hall–Kier alpha value is -1.80. The van der Waals surface area contributed by atoms with E-state index in [1.165, 1.54) is 0 Å². The first-order valence-electron chi connectivity index (χ1n) is 5.74. The Morgan fingerprint density at radius 2 is 1.83 bits per heavy atom. The summed E-state index contributed by atoms with van der Waals surface area (Å²) in [5, 5.41) is 3.35. The lowest BCUT2D eigenvalue weighted by Crippen LogP contribution is -2.19. The Balaban J connectivity index is 2.26. The summed E-state index contributed by atoms with van der Waals surface area (Å²) < 4.78 is 0. The predicted molar refractivity (Wildman–Crippen MR) is 74.7 cm³/mol. The zero-order chi connectivity index (χ0) is 13.0. The van der Waals surface area contributed by atoms with E-state index in [1.807, 2.05) is 48.5 Å². The Morgan fingerprint density at radius 1 is 1.11 bits per heavy atom. The van der Waals surface area contributed by atoms with Crippen LogP contribution in [0.1, 0.15) is 5.56 Å². The monoisotopic (exact) mass is 259 g/mol. The summed E-state index contributed by atoms with van der Waals surface area (Å²) in [6.45, 7) is 0. The molecule has 2 rings (SSSR count). The molecule has 1 N–H and O–H groups in total. The molecule has 2 nitrogen and oxygen atoms in total. The molecular weight excluding hydrogens is 246 g/mol. The van der Waals surface area contributed by atoms with Gasteiger partial charge in [0.25, 0.3) is 0 Å². The van der Waals surface area contributed by atoms with Gasteiger partial charge in [-0.2, -0.15) is 0 Å². The predicted octanol–water partition coefficient (Wildman–Crippen LogP) is 3.30. The van der Waals surface area contributed by atoms with Crippen LogP contribution in [0.15, 0.2) is 48.5 Å². The van der Waals surface area contributed by atoms with Gasteiger partial charge in [0.1, 0.15) is 0 Å². The first kappa shape index (κ1) is 12.7. The molecule has 2 aromatic rings. The second-order valence-corrected chi connectivity index (χ2v) is 4.49. The molecule has 0 aliphatic rings. The molecule has 1 amide bonds. The summed E-state index contributed by atoms with van der Waals surface area (Å²) in [6, 6.07) is 15.6. The third kappa shape index (κ3) is 3.11. The summed E-state index contributed by atoms with van der Waals surface area (Å²) in [5.74, 6) is 0.0169. The van der Waals surface area contributed by atoms with Crippen LogP contribution in [0.2, 0.25) is 5.02 Å². The zero-order valence-electron chi connectivity index (χ0n) is 10.1. The maximum atomic E-state index is 11.3. The molecule has 0 fully saturated rings. The van der Waals surface area contributed by atoms with Crippen molar-refractivity contribution in [2.45, 2.75) is 6.42 Å². The van der Waals surface area contributed by atoms with Gasteiger partial charge in [0.15, 0.2) is 0 Å². The van der Waals surface area contributed by atoms with E-state index in [0.717, 1.165) is 21.7 Å². The van der Waals surface area contributed by atoms with Crippen LogP contribution in [0.3, 0.4) is 0 Å². The fourth-order valence-electron chi connectivity index (χ4n) is 1.78. The van der Waals surface area contributed by atoms with E-state index >= 15 is 0 Å². The molecule has 0 heterocycles. The Kier molecular flexibility index (Phi) is 4.00. The summed E-state index contributed by atoms with van der Waals surface area (Å²) in [6.07, 6.45) is 0.401. The molecule has 92 valence electrons. The molecule has 0 atom stereocenters. The van der Waals surface area contributed by atoms with Crippen molar-refractivity contribution in [2.75, 3.05) is 7.05 Å². The molecule has 3 heteroatoms. The van der Waals surface area contributed by atoms with Crippen LogP contribution >= 0.6 is 11.6 Å². The van der Waals surface area contributed by atoms with Crippen molar-refractivity contribution in [1.82, 2.24) is 5.32 Å². The standard InChI is InChI=1S/C15H14ClNO/c1-17-15(18)10-11-3-2-4-13(9-11)12-5-7-14(16)8-6-12/h2-9H,10H2,1H3,(H,17,18). The molecule has 18 heavy (non-hydrogen) atoms.